The molecular formula is C13H13BrN2O3. The summed E-state index contributed by atoms with van der Waals surface area (Å²) >= 11 is 3.34. The Labute approximate surface area is 119 Å². The molecule has 1 aromatic carbocycles. The molecular weight excluding hydrogens is 312 g/mol. The summed E-state index contributed by atoms with van der Waals surface area (Å²) in [5.41, 5.74) is 1.65. The third-order valence-corrected chi connectivity index (χ3v) is 3.73. The lowest BCUT2D eigenvalue weighted by Crippen LogP contribution is -1.96. The number of benzene rings is 1. The molecule has 19 heavy (non-hydrogen) atoms. The second-order valence-electron chi connectivity index (χ2n) is 3.83. The van der Waals surface area contributed by atoms with E-state index in [2.05, 4.69) is 21.0 Å². The first-order chi connectivity index (χ1) is 9.13. The highest BCUT2D eigenvalue weighted by molar-refractivity contribution is 9.10. The third-order valence-electron chi connectivity index (χ3n) is 2.79. The molecule has 0 saturated heterocycles. The van der Waals surface area contributed by atoms with Gasteiger partial charge in [0.15, 0.2) is 6.29 Å². The average molecular weight is 325 g/mol. The van der Waals surface area contributed by atoms with E-state index in [1.165, 1.54) is 0 Å². The minimum absolute atomic E-state index is 0.463. The second-order valence-corrected chi connectivity index (χ2v) is 4.58. The highest BCUT2D eigenvalue weighted by Crippen LogP contribution is 2.40. The molecule has 0 N–H and O–H groups in total. The lowest BCUT2D eigenvalue weighted by atomic mass is 10.1. The second kappa shape index (κ2) is 5.44. The van der Waals surface area contributed by atoms with Gasteiger partial charge in [-0.15, -0.1) is 0 Å². The summed E-state index contributed by atoms with van der Waals surface area (Å²) in [5, 5.41) is 4.35. The predicted molar refractivity (Wildman–Crippen MR) is 74.8 cm³/mol. The SMILES string of the molecule is COc1cccc(OC)c1-c1nn(C)c(Br)c1C=O. The number of carbonyl (C=O) groups is 1. The van der Waals surface area contributed by atoms with Crippen LogP contribution in [0.2, 0.25) is 0 Å². The van der Waals surface area contributed by atoms with Crippen LogP contribution in [-0.4, -0.2) is 30.3 Å². The third kappa shape index (κ3) is 2.23. The first-order valence-electron chi connectivity index (χ1n) is 5.53. The van der Waals surface area contributed by atoms with E-state index in [4.69, 9.17) is 9.47 Å². The number of carbonyl (C=O) groups excluding carboxylic acids is 1. The summed E-state index contributed by atoms with van der Waals surface area (Å²) in [5.74, 6) is 1.21. The average Bonchev–Trinajstić information content (AvgIpc) is 2.72. The van der Waals surface area contributed by atoms with Crippen molar-refractivity contribution in [2.24, 2.45) is 7.05 Å². The number of aryl methyl sites for hydroxylation is 1. The maximum absolute atomic E-state index is 11.3. The van der Waals surface area contributed by atoms with Gasteiger partial charge in [-0.2, -0.15) is 5.10 Å². The van der Waals surface area contributed by atoms with Gasteiger partial charge >= 0.3 is 0 Å². The van der Waals surface area contributed by atoms with E-state index in [9.17, 15) is 4.79 Å². The number of aldehydes is 1. The number of ether oxygens (including phenoxy) is 2. The van der Waals surface area contributed by atoms with Crippen LogP contribution < -0.4 is 9.47 Å². The molecule has 2 rings (SSSR count). The van der Waals surface area contributed by atoms with E-state index < -0.39 is 0 Å². The summed E-state index contributed by atoms with van der Waals surface area (Å²) in [6, 6.07) is 5.42. The van der Waals surface area contributed by atoms with Gasteiger partial charge in [0.05, 0.1) is 25.3 Å². The van der Waals surface area contributed by atoms with Gasteiger partial charge in [0.1, 0.15) is 21.8 Å². The van der Waals surface area contributed by atoms with Crippen molar-refractivity contribution in [3.8, 4) is 22.8 Å². The number of nitrogens with zero attached hydrogens (tertiary/aromatic N) is 2. The Morgan fingerprint density at radius 3 is 2.32 bits per heavy atom. The number of hydrogen-bond acceptors (Lipinski definition) is 4. The minimum Gasteiger partial charge on any atom is -0.496 e. The molecule has 0 aliphatic heterocycles. The fourth-order valence-electron chi connectivity index (χ4n) is 1.89. The van der Waals surface area contributed by atoms with Crippen LogP contribution in [-0.2, 0) is 7.05 Å². The topological polar surface area (TPSA) is 53.4 Å². The van der Waals surface area contributed by atoms with Crippen molar-refractivity contribution >= 4 is 22.2 Å². The van der Waals surface area contributed by atoms with Crippen molar-refractivity contribution in [3.05, 3.63) is 28.4 Å². The quantitative estimate of drug-likeness (QED) is 0.811. The Kier molecular flexibility index (Phi) is 3.90. The molecule has 0 aliphatic carbocycles. The Balaban J connectivity index is 2.77. The van der Waals surface area contributed by atoms with Crippen LogP contribution in [0, 0.1) is 0 Å². The maximum atomic E-state index is 11.3. The summed E-state index contributed by atoms with van der Waals surface area (Å²) < 4.78 is 12.9. The molecule has 0 saturated carbocycles. The molecule has 2 aromatic rings. The van der Waals surface area contributed by atoms with E-state index >= 15 is 0 Å². The monoisotopic (exact) mass is 324 g/mol. The van der Waals surface area contributed by atoms with Crippen LogP contribution in [0.4, 0.5) is 0 Å². The van der Waals surface area contributed by atoms with Gasteiger partial charge in [0.2, 0.25) is 0 Å². The molecule has 1 heterocycles. The Bertz CT molecular complexity index is 600. The van der Waals surface area contributed by atoms with E-state index in [1.54, 1.807) is 38.1 Å². The van der Waals surface area contributed by atoms with Crippen LogP contribution in [0.5, 0.6) is 11.5 Å². The number of hydrogen-bond donors (Lipinski definition) is 0. The lowest BCUT2D eigenvalue weighted by Gasteiger charge is -2.11. The zero-order valence-electron chi connectivity index (χ0n) is 10.8. The van der Waals surface area contributed by atoms with Gasteiger partial charge in [-0.1, -0.05) is 6.07 Å². The predicted octanol–water partition coefficient (Wildman–Crippen LogP) is 2.68. The number of aromatic nitrogens is 2. The highest BCUT2D eigenvalue weighted by atomic mass is 79.9. The van der Waals surface area contributed by atoms with Crippen molar-refractivity contribution in [1.82, 2.24) is 9.78 Å². The molecule has 1 aromatic heterocycles. The first kappa shape index (κ1) is 13.6. The molecule has 6 heteroatoms. The van der Waals surface area contributed by atoms with Gasteiger partial charge in [0, 0.05) is 7.05 Å². The first-order valence-corrected chi connectivity index (χ1v) is 6.32. The summed E-state index contributed by atoms with van der Waals surface area (Å²) in [7, 11) is 4.89. The number of methoxy groups -OCH3 is 2. The van der Waals surface area contributed by atoms with Crippen molar-refractivity contribution in [3.63, 3.8) is 0 Å². The number of halogens is 1. The van der Waals surface area contributed by atoms with Gasteiger partial charge in [-0.25, -0.2) is 0 Å². The van der Waals surface area contributed by atoms with E-state index in [1.807, 2.05) is 6.07 Å². The van der Waals surface area contributed by atoms with Crippen molar-refractivity contribution in [2.45, 2.75) is 0 Å². The molecule has 0 aliphatic rings. The molecule has 0 amide bonds. The summed E-state index contributed by atoms with van der Waals surface area (Å²) in [6.45, 7) is 0. The number of rotatable bonds is 4. The van der Waals surface area contributed by atoms with Gasteiger partial charge in [0.25, 0.3) is 0 Å². The Hall–Kier alpha value is -1.82. The van der Waals surface area contributed by atoms with Gasteiger partial charge in [-0.3, -0.25) is 9.48 Å². The maximum Gasteiger partial charge on any atom is 0.155 e. The fourth-order valence-corrected chi connectivity index (χ4v) is 2.25. The highest BCUT2D eigenvalue weighted by Gasteiger charge is 2.21. The minimum atomic E-state index is 0.463. The van der Waals surface area contributed by atoms with E-state index in [0.717, 1.165) is 6.29 Å². The normalized spacial score (nSPS) is 10.3. The molecule has 0 atom stereocenters. The van der Waals surface area contributed by atoms with Crippen LogP contribution in [0.3, 0.4) is 0 Å². The molecule has 0 bridgehead atoms. The van der Waals surface area contributed by atoms with Crippen LogP contribution in [0.25, 0.3) is 11.3 Å². The molecule has 0 unspecified atom stereocenters. The van der Waals surface area contributed by atoms with Crippen LogP contribution in [0.15, 0.2) is 22.8 Å². The van der Waals surface area contributed by atoms with Crippen molar-refractivity contribution < 1.29 is 14.3 Å². The van der Waals surface area contributed by atoms with E-state index in [-0.39, 0.29) is 0 Å². The van der Waals surface area contributed by atoms with E-state index in [0.29, 0.717) is 32.9 Å². The Morgan fingerprint density at radius 1 is 1.26 bits per heavy atom. The molecule has 0 radical (unpaired) electrons. The molecule has 0 fully saturated rings. The van der Waals surface area contributed by atoms with Crippen LogP contribution in [0.1, 0.15) is 10.4 Å². The van der Waals surface area contributed by atoms with Gasteiger partial charge < -0.3 is 9.47 Å². The van der Waals surface area contributed by atoms with Crippen LogP contribution >= 0.6 is 15.9 Å². The summed E-state index contributed by atoms with van der Waals surface area (Å²) in [6.07, 6.45) is 0.762. The molecule has 5 nitrogen and oxygen atoms in total. The molecule has 100 valence electrons. The summed E-state index contributed by atoms with van der Waals surface area (Å²) in [4.78, 5) is 11.3. The fraction of sp³-hybridized carbons (Fsp3) is 0.231. The Morgan fingerprint density at radius 2 is 1.84 bits per heavy atom. The lowest BCUT2D eigenvalue weighted by molar-refractivity contribution is 0.112. The zero-order chi connectivity index (χ0) is 14.0. The smallest absolute Gasteiger partial charge is 0.155 e. The van der Waals surface area contributed by atoms with Gasteiger partial charge in [-0.05, 0) is 28.1 Å². The standard InChI is InChI=1S/C13H13BrN2O3/c1-16-13(14)8(7-17)12(15-16)11-9(18-2)5-4-6-10(11)19-3/h4-7H,1-3H3. The largest absolute Gasteiger partial charge is 0.496 e. The zero-order valence-corrected chi connectivity index (χ0v) is 12.4. The van der Waals surface area contributed by atoms with Crippen molar-refractivity contribution in [2.75, 3.05) is 14.2 Å². The molecule has 0 spiro atoms. The van der Waals surface area contributed by atoms with Crippen molar-refractivity contribution in [1.29, 1.82) is 0 Å².